The molecule has 1 aromatic heterocycles. The molecule has 0 spiro atoms. The molecule has 0 unspecified atom stereocenters. The third-order valence-electron chi connectivity index (χ3n) is 4.55. The van der Waals surface area contributed by atoms with E-state index in [1.807, 2.05) is 79.7 Å². The minimum absolute atomic E-state index is 0.0284. The van der Waals surface area contributed by atoms with Gasteiger partial charge in [-0.2, -0.15) is 0 Å². The van der Waals surface area contributed by atoms with Gasteiger partial charge in [0, 0.05) is 0 Å². The highest BCUT2D eigenvalue weighted by Crippen LogP contribution is 2.17. The molecule has 4 rings (SSSR count). The average Bonchev–Trinajstić information content (AvgIpc) is 2.70. The fraction of sp³-hybridized carbons (Fsp3) is 0.130. The highest BCUT2D eigenvalue weighted by atomic mass is 16.5. The lowest BCUT2D eigenvalue weighted by atomic mass is 10.1. The van der Waals surface area contributed by atoms with Crippen LogP contribution in [0.5, 0.6) is 5.75 Å². The number of nitrogens with zero attached hydrogens (tertiary/aromatic N) is 2. The van der Waals surface area contributed by atoms with Gasteiger partial charge in [0.2, 0.25) is 0 Å². The molecular formula is C23H20N2O2. The van der Waals surface area contributed by atoms with Crippen molar-refractivity contribution in [3.05, 3.63) is 106 Å². The van der Waals surface area contributed by atoms with Crippen LogP contribution in [0.4, 0.5) is 0 Å². The van der Waals surface area contributed by atoms with Crippen molar-refractivity contribution >= 4 is 10.9 Å². The summed E-state index contributed by atoms with van der Waals surface area (Å²) in [5.74, 6) is 0.786. The van der Waals surface area contributed by atoms with Crippen LogP contribution in [-0.2, 0) is 13.2 Å². The van der Waals surface area contributed by atoms with E-state index in [-0.39, 0.29) is 5.56 Å². The van der Waals surface area contributed by atoms with Gasteiger partial charge in [0.15, 0.2) is 0 Å². The maximum absolute atomic E-state index is 12.8. The summed E-state index contributed by atoms with van der Waals surface area (Å²) >= 11 is 0. The molecule has 4 heteroatoms. The van der Waals surface area contributed by atoms with E-state index in [0.29, 0.717) is 18.5 Å². The molecule has 3 aromatic carbocycles. The van der Waals surface area contributed by atoms with Crippen LogP contribution in [0, 0.1) is 6.92 Å². The van der Waals surface area contributed by atoms with Crippen molar-refractivity contribution in [2.24, 2.45) is 0 Å². The van der Waals surface area contributed by atoms with Crippen LogP contribution >= 0.6 is 0 Å². The number of benzene rings is 3. The van der Waals surface area contributed by atoms with Gasteiger partial charge < -0.3 is 4.74 Å². The highest BCUT2D eigenvalue weighted by Gasteiger charge is 2.07. The quantitative estimate of drug-likeness (QED) is 0.534. The van der Waals surface area contributed by atoms with Gasteiger partial charge in [0.05, 0.1) is 23.8 Å². The minimum atomic E-state index is -0.0284. The highest BCUT2D eigenvalue weighted by molar-refractivity contribution is 5.80. The van der Waals surface area contributed by atoms with E-state index in [2.05, 4.69) is 4.98 Å². The third-order valence-corrected chi connectivity index (χ3v) is 4.55. The Balaban J connectivity index is 1.56. The van der Waals surface area contributed by atoms with E-state index in [9.17, 15) is 4.79 Å². The van der Waals surface area contributed by atoms with Crippen molar-refractivity contribution in [3.8, 4) is 5.75 Å². The molecule has 0 amide bonds. The van der Waals surface area contributed by atoms with Gasteiger partial charge in [0.1, 0.15) is 12.4 Å². The van der Waals surface area contributed by atoms with Gasteiger partial charge in [-0.1, -0.05) is 54.6 Å². The summed E-state index contributed by atoms with van der Waals surface area (Å²) in [7, 11) is 0. The molecule has 0 saturated carbocycles. The summed E-state index contributed by atoms with van der Waals surface area (Å²) in [6.45, 7) is 2.94. The Hall–Kier alpha value is -3.40. The molecule has 0 radical (unpaired) electrons. The Bertz CT molecular complexity index is 1130. The van der Waals surface area contributed by atoms with Crippen LogP contribution in [0.2, 0.25) is 0 Å². The zero-order valence-corrected chi connectivity index (χ0v) is 15.1. The Morgan fingerprint density at radius 3 is 2.56 bits per heavy atom. The first-order valence-corrected chi connectivity index (χ1v) is 8.91. The predicted octanol–water partition coefficient (Wildman–Crippen LogP) is 4.33. The minimum Gasteiger partial charge on any atom is -0.489 e. The summed E-state index contributed by atoms with van der Waals surface area (Å²) in [5.41, 5.74) is 3.86. The molecule has 0 aliphatic heterocycles. The second-order valence-corrected chi connectivity index (χ2v) is 6.57. The van der Waals surface area contributed by atoms with Crippen LogP contribution in [0.3, 0.4) is 0 Å². The molecule has 0 bridgehead atoms. The summed E-state index contributed by atoms with van der Waals surface area (Å²) in [6, 6.07) is 23.6. The first-order valence-electron chi connectivity index (χ1n) is 8.91. The number of aryl methyl sites for hydroxylation is 1. The SMILES string of the molecule is Cc1cccc2c(=O)n(Cc3cccc(OCc4ccccc4)c3)cnc12. The Kier molecular flexibility index (Phi) is 4.71. The molecule has 134 valence electrons. The molecule has 1 heterocycles. The number of aromatic nitrogens is 2. The van der Waals surface area contributed by atoms with Gasteiger partial charge in [-0.25, -0.2) is 4.98 Å². The number of hydrogen-bond acceptors (Lipinski definition) is 3. The van der Waals surface area contributed by atoms with E-state index >= 15 is 0 Å². The van der Waals surface area contributed by atoms with Crippen LogP contribution in [0.1, 0.15) is 16.7 Å². The largest absolute Gasteiger partial charge is 0.489 e. The summed E-state index contributed by atoms with van der Waals surface area (Å²) in [4.78, 5) is 17.2. The lowest BCUT2D eigenvalue weighted by molar-refractivity contribution is 0.306. The lowest BCUT2D eigenvalue weighted by Crippen LogP contribution is -2.21. The maximum atomic E-state index is 12.8. The Morgan fingerprint density at radius 2 is 1.70 bits per heavy atom. The van der Waals surface area contributed by atoms with Crippen molar-refractivity contribution in [2.45, 2.75) is 20.1 Å². The van der Waals surface area contributed by atoms with Crippen LogP contribution in [0.25, 0.3) is 10.9 Å². The molecular weight excluding hydrogens is 336 g/mol. The van der Waals surface area contributed by atoms with Gasteiger partial charge in [-0.3, -0.25) is 9.36 Å². The van der Waals surface area contributed by atoms with Gasteiger partial charge in [-0.05, 0) is 41.8 Å². The Morgan fingerprint density at radius 1 is 0.926 bits per heavy atom. The topological polar surface area (TPSA) is 44.1 Å². The predicted molar refractivity (Wildman–Crippen MR) is 107 cm³/mol. The maximum Gasteiger partial charge on any atom is 0.261 e. The lowest BCUT2D eigenvalue weighted by Gasteiger charge is -2.10. The van der Waals surface area contributed by atoms with E-state index in [1.54, 1.807) is 10.9 Å². The first kappa shape index (κ1) is 17.0. The van der Waals surface area contributed by atoms with Gasteiger partial charge in [-0.15, -0.1) is 0 Å². The van der Waals surface area contributed by atoms with Gasteiger partial charge in [0.25, 0.3) is 5.56 Å². The van der Waals surface area contributed by atoms with Crippen LogP contribution in [0.15, 0.2) is 83.9 Å². The normalized spacial score (nSPS) is 10.9. The van der Waals surface area contributed by atoms with Crippen molar-refractivity contribution in [2.75, 3.05) is 0 Å². The molecule has 4 nitrogen and oxygen atoms in total. The van der Waals surface area contributed by atoms with E-state index in [1.165, 1.54) is 0 Å². The fourth-order valence-corrected chi connectivity index (χ4v) is 3.12. The smallest absolute Gasteiger partial charge is 0.261 e. The van der Waals surface area contributed by atoms with E-state index in [0.717, 1.165) is 28.0 Å². The Labute approximate surface area is 157 Å². The summed E-state index contributed by atoms with van der Waals surface area (Å²) < 4.78 is 7.52. The van der Waals surface area contributed by atoms with Crippen molar-refractivity contribution in [3.63, 3.8) is 0 Å². The average molecular weight is 356 g/mol. The molecule has 4 aromatic rings. The van der Waals surface area contributed by atoms with Crippen molar-refractivity contribution < 1.29 is 4.74 Å². The van der Waals surface area contributed by atoms with Gasteiger partial charge >= 0.3 is 0 Å². The third kappa shape index (κ3) is 3.75. The second kappa shape index (κ2) is 7.46. The second-order valence-electron chi connectivity index (χ2n) is 6.57. The van der Waals surface area contributed by atoms with E-state index < -0.39 is 0 Å². The van der Waals surface area contributed by atoms with E-state index in [4.69, 9.17) is 4.74 Å². The summed E-state index contributed by atoms with van der Waals surface area (Å²) in [6.07, 6.45) is 1.62. The number of rotatable bonds is 5. The van der Waals surface area contributed by atoms with Crippen molar-refractivity contribution in [1.82, 2.24) is 9.55 Å². The van der Waals surface area contributed by atoms with Crippen LogP contribution < -0.4 is 10.3 Å². The molecule has 0 fully saturated rings. The molecule has 0 aliphatic carbocycles. The number of ether oxygens (including phenoxy) is 1. The van der Waals surface area contributed by atoms with Crippen molar-refractivity contribution in [1.29, 1.82) is 0 Å². The first-order chi connectivity index (χ1) is 13.2. The monoisotopic (exact) mass is 356 g/mol. The number of para-hydroxylation sites is 1. The molecule has 0 aliphatic rings. The molecule has 0 saturated heterocycles. The molecule has 0 N–H and O–H groups in total. The zero-order valence-electron chi connectivity index (χ0n) is 15.1. The van der Waals surface area contributed by atoms with Crippen LogP contribution in [-0.4, -0.2) is 9.55 Å². The number of fused-ring (bicyclic) bond motifs is 1. The zero-order chi connectivity index (χ0) is 18.6. The fourth-order valence-electron chi connectivity index (χ4n) is 3.12. The molecule has 0 atom stereocenters. The number of hydrogen-bond donors (Lipinski definition) is 0. The molecule has 27 heavy (non-hydrogen) atoms. The standard InChI is InChI=1S/C23H20N2O2/c1-17-7-5-12-21-22(17)24-16-25(23(21)26)14-19-10-6-11-20(13-19)27-15-18-8-3-2-4-9-18/h2-13,16H,14-15H2,1H3. The summed E-state index contributed by atoms with van der Waals surface area (Å²) in [5, 5.41) is 0.647.